The molecule has 0 aromatic carbocycles. The van der Waals surface area contributed by atoms with E-state index in [1.54, 1.807) is 14.0 Å². The summed E-state index contributed by atoms with van der Waals surface area (Å²) >= 11 is 0. The van der Waals surface area contributed by atoms with E-state index in [0.29, 0.717) is 5.56 Å². The lowest BCUT2D eigenvalue weighted by molar-refractivity contribution is 0.594. The van der Waals surface area contributed by atoms with Crippen molar-refractivity contribution in [2.24, 2.45) is 7.05 Å². The Kier molecular flexibility index (Phi) is 1.76. The van der Waals surface area contributed by atoms with E-state index in [0.717, 1.165) is 0 Å². The molecule has 0 aliphatic heterocycles. The van der Waals surface area contributed by atoms with E-state index in [1.807, 2.05) is 0 Å². The molecule has 1 aromatic rings. The van der Waals surface area contributed by atoms with Crippen molar-refractivity contribution in [2.75, 3.05) is 0 Å². The molecule has 1 rings (SSSR count). The largest absolute Gasteiger partial charge is 0.257 e. The van der Waals surface area contributed by atoms with E-state index in [2.05, 4.69) is 5.10 Å². The Hall–Kier alpha value is -0.840. The Morgan fingerprint density at radius 2 is 2.20 bits per heavy atom. The van der Waals surface area contributed by atoms with Crippen LogP contribution in [0.5, 0.6) is 0 Å². The quantitative estimate of drug-likeness (QED) is 0.574. The van der Waals surface area contributed by atoms with Gasteiger partial charge in [-0.05, 0) is 6.92 Å². The molecule has 56 valence electrons. The number of hydrogen-bond donors (Lipinski definition) is 1. The van der Waals surface area contributed by atoms with E-state index in [1.165, 1.54) is 10.9 Å². The van der Waals surface area contributed by atoms with Gasteiger partial charge in [-0.2, -0.15) is 5.10 Å². The summed E-state index contributed by atoms with van der Waals surface area (Å²) in [7, 11) is -0.895. The van der Waals surface area contributed by atoms with Crippen molar-refractivity contribution in [1.29, 1.82) is 0 Å². The van der Waals surface area contributed by atoms with Gasteiger partial charge in [0.2, 0.25) is 0 Å². The third-order valence-electron chi connectivity index (χ3n) is 1.26. The van der Waals surface area contributed by atoms with Gasteiger partial charge in [0, 0.05) is 12.6 Å². The summed E-state index contributed by atoms with van der Waals surface area (Å²) < 4.78 is 22.3. The fourth-order valence-electron chi connectivity index (χ4n) is 0.803. The van der Waals surface area contributed by atoms with E-state index >= 15 is 0 Å². The lowest BCUT2D eigenvalue weighted by atomic mass is 10.4. The highest BCUT2D eigenvalue weighted by Crippen LogP contribution is 2.05. The first-order valence-electron chi connectivity index (χ1n) is 2.76. The van der Waals surface area contributed by atoms with Gasteiger partial charge in [0.05, 0.1) is 6.20 Å². The molecular formula is C5H8N2O2S. The molecule has 0 spiro atoms. The summed E-state index contributed by atoms with van der Waals surface area (Å²) in [6.45, 7) is 1.72. The monoisotopic (exact) mass is 160 g/mol. The number of rotatable bonds is 1. The molecule has 0 unspecified atom stereocenters. The molecule has 1 aromatic heterocycles. The Labute approximate surface area is 60.4 Å². The van der Waals surface area contributed by atoms with Gasteiger partial charge < -0.3 is 0 Å². The summed E-state index contributed by atoms with van der Waals surface area (Å²) in [4.78, 5) is 0. The van der Waals surface area contributed by atoms with Crippen LogP contribution in [0.3, 0.4) is 0 Å². The van der Waals surface area contributed by atoms with Gasteiger partial charge in [0.25, 0.3) is 0 Å². The molecule has 0 fully saturated rings. The van der Waals surface area contributed by atoms with Crippen LogP contribution in [0, 0.1) is 6.92 Å². The van der Waals surface area contributed by atoms with Crippen molar-refractivity contribution in [3.05, 3.63) is 11.8 Å². The van der Waals surface area contributed by atoms with Crippen molar-refractivity contribution in [1.82, 2.24) is 9.78 Å². The summed E-state index contributed by atoms with van der Waals surface area (Å²) in [5, 5.41) is 4.06. The van der Waals surface area contributed by atoms with Crippen molar-refractivity contribution in [2.45, 2.75) is 11.9 Å². The highest BCUT2D eigenvalue weighted by molar-refractivity contribution is 7.72. The van der Waals surface area contributed by atoms with Gasteiger partial charge in [0.1, 0.15) is 0 Å². The average Bonchev–Trinajstić information content (AvgIpc) is 2.11. The predicted molar refractivity (Wildman–Crippen MR) is 36.5 cm³/mol. The lowest BCUT2D eigenvalue weighted by Crippen LogP contribution is -1.96. The topological polar surface area (TPSA) is 52.0 Å². The molecule has 0 saturated heterocycles. The van der Waals surface area contributed by atoms with Gasteiger partial charge in [0.15, 0.2) is 15.7 Å². The third-order valence-corrected chi connectivity index (χ3v) is 2.24. The molecule has 5 heteroatoms. The summed E-state index contributed by atoms with van der Waals surface area (Å²) in [6.07, 6.45) is 1.53. The molecule has 4 nitrogen and oxygen atoms in total. The molecule has 0 saturated carbocycles. The smallest absolute Gasteiger partial charge is 0.185 e. The number of aryl methyl sites for hydroxylation is 2. The van der Waals surface area contributed by atoms with Crippen LogP contribution in [0.2, 0.25) is 0 Å². The van der Waals surface area contributed by atoms with Crippen LogP contribution < -0.4 is 0 Å². The summed E-state index contributed by atoms with van der Waals surface area (Å²) in [5.41, 5.74) is 0.693. The molecule has 0 bridgehead atoms. The first-order valence-corrected chi connectivity index (χ1v) is 3.93. The minimum absolute atomic E-state index is 0.287. The minimum Gasteiger partial charge on any atom is -0.257 e. The van der Waals surface area contributed by atoms with Crippen LogP contribution in [-0.2, 0) is 17.8 Å². The Morgan fingerprint density at radius 1 is 1.60 bits per heavy atom. The fourth-order valence-corrected chi connectivity index (χ4v) is 1.44. The van der Waals surface area contributed by atoms with Crippen LogP contribution >= 0.6 is 0 Å². The Bertz CT molecular complexity index is 286. The molecular weight excluding hydrogens is 152 g/mol. The van der Waals surface area contributed by atoms with Gasteiger partial charge in [-0.3, -0.25) is 4.68 Å². The van der Waals surface area contributed by atoms with Crippen LogP contribution in [-0.4, -0.2) is 18.2 Å². The number of aromatic nitrogens is 2. The van der Waals surface area contributed by atoms with E-state index in [9.17, 15) is 8.42 Å². The van der Waals surface area contributed by atoms with E-state index < -0.39 is 10.7 Å². The molecule has 0 amide bonds. The van der Waals surface area contributed by atoms with Crippen LogP contribution in [0.1, 0.15) is 5.56 Å². The molecule has 0 radical (unpaired) electrons. The maximum Gasteiger partial charge on any atom is 0.185 e. The second-order valence-electron chi connectivity index (χ2n) is 2.03. The van der Waals surface area contributed by atoms with E-state index in [-0.39, 0.29) is 5.03 Å². The molecule has 0 aliphatic carbocycles. The normalized spacial score (nSPS) is 10.7. The molecule has 10 heavy (non-hydrogen) atoms. The van der Waals surface area contributed by atoms with Crippen molar-refractivity contribution in [3.8, 4) is 0 Å². The summed E-state index contributed by atoms with van der Waals surface area (Å²) in [6, 6.07) is 0. The Morgan fingerprint density at radius 3 is 2.40 bits per heavy atom. The molecule has 0 atom stereocenters. The molecule has 0 N–H and O–H groups in total. The number of hydrogen-bond acceptors (Lipinski definition) is 3. The zero-order valence-electron chi connectivity index (χ0n) is 5.74. The maximum atomic E-state index is 10.5. The van der Waals surface area contributed by atoms with Crippen LogP contribution in [0.25, 0.3) is 0 Å². The van der Waals surface area contributed by atoms with Crippen molar-refractivity contribution in [3.63, 3.8) is 0 Å². The van der Waals surface area contributed by atoms with Crippen LogP contribution in [0.15, 0.2) is 11.2 Å². The fraction of sp³-hybridized carbons (Fsp3) is 0.400. The van der Waals surface area contributed by atoms with Gasteiger partial charge in [-0.15, -0.1) is 0 Å². The average molecular weight is 160 g/mol. The van der Waals surface area contributed by atoms with Gasteiger partial charge in [-0.25, -0.2) is 8.42 Å². The molecule has 1 heterocycles. The SMILES string of the molecule is Cc1cnn(C)c1[SH](=O)=O. The third kappa shape index (κ3) is 1.04. The first-order chi connectivity index (χ1) is 4.63. The highest BCUT2D eigenvalue weighted by atomic mass is 32.2. The Balaban J connectivity index is 3.36. The number of nitrogens with zero attached hydrogens (tertiary/aromatic N) is 2. The second-order valence-corrected chi connectivity index (χ2v) is 2.97. The molecule has 0 aliphatic rings. The van der Waals surface area contributed by atoms with Gasteiger partial charge in [-0.1, -0.05) is 0 Å². The van der Waals surface area contributed by atoms with Crippen molar-refractivity contribution >= 4 is 10.7 Å². The van der Waals surface area contributed by atoms with Crippen LogP contribution in [0.4, 0.5) is 0 Å². The zero-order chi connectivity index (χ0) is 7.72. The maximum absolute atomic E-state index is 10.5. The second kappa shape index (κ2) is 2.42. The standard InChI is InChI=1S/C5H8N2O2S/c1-4-3-6-7(2)5(4)10(8)9/h3,10H,1-2H3. The predicted octanol–water partition coefficient (Wildman–Crippen LogP) is -0.301. The minimum atomic E-state index is -2.50. The first kappa shape index (κ1) is 7.27. The van der Waals surface area contributed by atoms with Crippen molar-refractivity contribution < 1.29 is 8.42 Å². The highest BCUT2D eigenvalue weighted by Gasteiger charge is 2.04. The lowest BCUT2D eigenvalue weighted by Gasteiger charge is -1.90. The summed E-state index contributed by atoms with van der Waals surface area (Å²) in [5.74, 6) is 0. The zero-order valence-corrected chi connectivity index (χ0v) is 6.63. The number of thiol groups is 1. The van der Waals surface area contributed by atoms with E-state index in [4.69, 9.17) is 0 Å². The van der Waals surface area contributed by atoms with Gasteiger partial charge >= 0.3 is 0 Å².